The van der Waals surface area contributed by atoms with Gasteiger partial charge in [-0.25, -0.2) is 8.93 Å². The van der Waals surface area contributed by atoms with Crippen LogP contribution >= 0.6 is 0 Å². The van der Waals surface area contributed by atoms with Crippen LogP contribution in [0.3, 0.4) is 0 Å². The molecule has 0 aromatic heterocycles. The predicted octanol–water partition coefficient (Wildman–Crippen LogP) is 2.17. The number of rotatable bonds is 4. The molecule has 18 heavy (non-hydrogen) atoms. The van der Waals surface area contributed by atoms with Crippen molar-refractivity contribution in [3.63, 3.8) is 0 Å². The molecule has 4 nitrogen and oxygen atoms in total. The third kappa shape index (κ3) is 3.17. The van der Waals surface area contributed by atoms with Crippen molar-refractivity contribution in [2.45, 2.75) is 31.9 Å². The summed E-state index contributed by atoms with van der Waals surface area (Å²) >= 11 is 0. The van der Waals surface area contributed by atoms with Crippen molar-refractivity contribution in [3.8, 4) is 11.5 Å². The number of alkyl halides is 2. The molecule has 0 saturated carbocycles. The number of hydrogen-bond donors (Lipinski definition) is 1. The minimum atomic E-state index is -3.61. The largest absolute Gasteiger partial charge is 0.586 e. The lowest BCUT2D eigenvalue weighted by Gasteiger charge is -2.07. The van der Waals surface area contributed by atoms with Crippen LogP contribution in [-0.4, -0.2) is 16.5 Å². The van der Waals surface area contributed by atoms with Gasteiger partial charge in [0.15, 0.2) is 11.5 Å². The van der Waals surface area contributed by atoms with Crippen LogP contribution in [0.4, 0.5) is 8.78 Å². The van der Waals surface area contributed by atoms with E-state index in [0.29, 0.717) is 5.56 Å². The molecule has 0 bridgehead atoms. The molecule has 100 valence electrons. The van der Waals surface area contributed by atoms with Crippen LogP contribution in [0.15, 0.2) is 18.2 Å². The van der Waals surface area contributed by atoms with Crippen LogP contribution in [0.25, 0.3) is 0 Å². The highest BCUT2D eigenvalue weighted by Gasteiger charge is 2.43. The van der Waals surface area contributed by atoms with Crippen molar-refractivity contribution in [2.75, 3.05) is 0 Å². The topological polar surface area (TPSA) is 47.6 Å². The van der Waals surface area contributed by atoms with Gasteiger partial charge in [0.25, 0.3) is 0 Å². The molecule has 0 fully saturated rings. The van der Waals surface area contributed by atoms with E-state index in [9.17, 15) is 13.0 Å². The highest BCUT2D eigenvalue weighted by molar-refractivity contribution is 7.82. The van der Waals surface area contributed by atoms with E-state index in [0.717, 1.165) is 0 Å². The zero-order chi connectivity index (χ0) is 13.3. The van der Waals surface area contributed by atoms with Crippen LogP contribution in [0.2, 0.25) is 0 Å². The third-order valence-electron chi connectivity index (χ3n) is 2.13. The normalized spacial score (nSPS) is 18.1. The smallest absolute Gasteiger partial charge is 0.395 e. The van der Waals surface area contributed by atoms with Crippen LogP contribution < -0.4 is 14.2 Å². The quantitative estimate of drug-likeness (QED) is 0.917. The Morgan fingerprint density at radius 2 is 2.00 bits per heavy atom. The average Bonchev–Trinajstić information content (AvgIpc) is 2.49. The zero-order valence-electron chi connectivity index (χ0n) is 9.91. The van der Waals surface area contributed by atoms with Gasteiger partial charge in [0.2, 0.25) is 0 Å². The van der Waals surface area contributed by atoms with Gasteiger partial charge < -0.3 is 9.47 Å². The Bertz CT molecular complexity index is 479. The van der Waals surface area contributed by atoms with Crippen LogP contribution in [0.5, 0.6) is 11.5 Å². The molecule has 0 amide bonds. The standard InChI is InChI=1S/C11H13F2NO3S/c1-7(2)14-18(15)6-8-3-4-9-10(5-8)17-11(12,13)16-9/h3-5,7,14H,6H2,1-2H3. The van der Waals surface area contributed by atoms with E-state index in [-0.39, 0.29) is 23.3 Å². The lowest BCUT2D eigenvalue weighted by molar-refractivity contribution is -0.286. The first-order chi connectivity index (χ1) is 8.35. The van der Waals surface area contributed by atoms with E-state index in [1.165, 1.54) is 12.1 Å². The molecule has 2 rings (SSSR count). The second-order valence-electron chi connectivity index (χ2n) is 4.21. The van der Waals surface area contributed by atoms with Crippen molar-refractivity contribution in [1.29, 1.82) is 0 Å². The number of fused-ring (bicyclic) bond motifs is 1. The maximum absolute atomic E-state index is 12.8. The number of halogens is 2. The molecule has 1 heterocycles. The third-order valence-corrected chi connectivity index (χ3v) is 3.46. The number of hydrogen-bond acceptors (Lipinski definition) is 3. The van der Waals surface area contributed by atoms with Crippen molar-refractivity contribution in [3.05, 3.63) is 23.8 Å². The van der Waals surface area contributed by atoms with E-state index in [1.54, 1.807) is 6.07 Å². The Hall–Kier alpha value is -1.21. The fraction of sp³-hybridized carbons (Fsp3) is 0.455. The van der Waals surface area contributed by atoms with Gasteiger partial charge >= 0.3 is 6.29 Å². The number of ether oxygens (including phenoxy) is 2. The minimum Gasteiger partial charge on any atom is -0.395 e. The van der Waals surface area contributed by atoms with Crippen LogP contribution in [0, 0.1) is 0 Å². The fourth-order valence-electron chi connectivity index (χ4n) is 1.54. The molecule has 1 aliphatic rings. The summed E-state index contributed by atoms with van der Waals surface area (Å²) < 4.78 is 48.6. The first-order valence-corrected chi connectivity index (χ1v) is 6.71. The Labute approximate surface area is 106 Å². The monoisotopic (exact) mass is 277 g/mol. The first kappa shape index (κ1) is 13.2. The summed E-state index contributed by atoms with van der Waals surface area (Å²) in [5.41, 5.74) is 0.640. The second-order valence-corrected chi connectivity index (χ2v) is 5.43. The van der Waals surface area contributed by atoms with Gasteiger partial charge in [-0.3, -0.25) is 0 Å². The summed E-state index contributed by atoms with van der Waals surface area (Å²) in [5, 5.41) is 0. The van der Waals surface area contributed by atoms with Crippen molar-refractivity contribution in [1.82, 2.24) is 4.72 Å². The van der Waals surface area contributed by atoms with E-state index in [4.69, 9.17) is 0 Å². The van der Waals surface area contributed by atoms with E-state index < -0.39 is 17.3 Å². The SMILES string of the molecule is CC(C)NS(=O)Cc1ccc2c(c1)OC(F)(F)O2. The first-order valence-electron chi connectivity index (χ1n) is 5.39. The average molecular weight is 277 g/mol. The number of benzene rings is 1. The van der Waals surface area contributed by atoms with E-state index in [1.807, 2.05) is 13.8 Å². The Morgan fingerprint density at radius 3 is 2.67 bits per heavy atom. The van der Waals surface area contributed by atoms with Gasteiger partial charge in [-0.15, -0.1) is 8.78 Å². The summed E-state index contributed by atoms with van der Waals surface area (Å²) in [6, 6.07) is 4.47. The second kappa shape index (κ2) is 4.81. The molecular formula is C11H13F2NO3S. The molecule has 1 N–H and O–H groups in total. The van der Waals surface area contributed by atoms with E-state index >= 15 is 0 Å². The fourth-order valence-corrected chi connectivity index (χ4v) is 2.63. The molecule has 1 aromatic rings. The van der Waals surface area contributed by atoms with Gasteiger partial charge in [-0.1, -0.05) is 6.07 Å². The molecule has 0 radical (unpaired) electrons. The zero-order valence-corrected chi connectivity index (χ0v) is 10.7. The van der Waals surface area contributed by atoms with Gasteiger partial charge in [0, 0.05) is 6.04 Å². The molecule has 0 aliphatic carbocycles. The van der Waals surface area contributed by atoms with Crippen LogP contribution in [-0.2, 0) is 16.7 Å². The highest BCUT2D eigenvalue weighted by atomic mass is 32.2. The summed E-state index contributed by atoms with van der Waals surface area (Å²) in [4.78, 5) is 0. The maximum Gasteiger partial charge on any atom is 0.586 e. The summed E-state index contributed by atoms with van der Waals surface area (Å²) in [6.07, 6.45) is -3.61. The van der Waals surface area contributed by atoms with Gasteiger partial charge in [-0.05, 0) is 31.5 Å². The molecule has 1 unspecified atom stereocenters. The minimum absolute atomic E-state index is 0.00801. The Morgan fingerprint density at radius 1 is 1.33 bits per heavy atom. The molecule has 0 spiro atoms. The highest BCUT2D eigenvalue weighted by Crippen LogP contribution is 2.41. The van der Waals surface area contributed by atoms with E-state index in [2.05, 4.69) is 14.2 Å². The predicted molar refractivity (Wildman–Crippen MR) is 62.8 cm³/mol. The van der Waals surface area contributed by atoms with Crippen molar-refractivity contribution >= 4 is 11.0 Å². The van der Waals surface area contributed by atoms with Gasteiger partial charge in [-0.2, -0.15) is 0 Å². The summed E-state index contributed by atoms with van der Waals surface area (Å²) in [6.45, 7) is 3.75. The summed E-state index contributed by atoms with van der Waals surface area (Å²) in [5.74, 6) is 0.186. The molecule has 1 atom stereocenters. The molecule has 7 heteroatoms. The molecular weight excluding hydrogens is 264 g/mol. The van der Waals surface area contributed by atoms with Crippen molar-refractivity contribution < 1.29 is 22.5 Å². The molecule has 0 saturated heterocycles. The Kier molecular flexibility index (Phi) is 3.54. The Balaban J connectivity index is 2.07. The van der Waals surface area contributed by atoms with Crippen LogP contribution in [0.1, 0.15) is 19.4 Å². The molecule has 1 aromatic carbocycles. The number of nitrogens with one attached hydrogen (secondary N) is 1. The lowest BCUT2D eigenvalue weighted by Crippen LogP contribution is -2.26. The van der Waals surface area contributed by atoms with Crippen molar-refractivity contribution in [2.24, 2.45) is 0 Å². The van der Waals surface area contributed by atoms with Gasteiger partial charge in [0.1, 0.15) is 0 Å². The maximum atomic E-state index is 12.8. The molecule has 1 aliphatic heterocycles. The van der Waals surface area contributed by atoms with Gasteiger partial charge in [0.05, 0.1) is 16.7 Å². The summed E-state index contributed by atoms with van der Waals surface area (Å²) in [7, 11) is -1.25. The lowest BCUT2D eigenvalue weighted by atomic mass is 10.2.